The van der Waals surface area contributed by atoms with Gasteiger partial charge in [-0.1, -0.05) is 41.0 Å². The lowest BCUT2D eigenvalue weighted by Crippen LogP contribution is -2.46. The number of rotatable bonds is 6. The van der Waals surface area contributed by atoms with Gasteiger partial charge in [0.05, 0.1) is 22.8 Å². The fraction of sp³-hybridized carbons (Fsp3) is 0.300. The molecular weight excluding hydrogens is 402 g/mol. The maximum atomic E-state index is 12.6. The standard InChI is InChI=1S/C20H19ClF2N4O2/c21-15-6-2-3-7-16(15)27-11-9-26(10-12-27)13-18-24-19(25-29-18)14-5-1-4-8-17(14)28-20(22)23/h1-8,20H,9-13H2. The minimum absolute atomic E-state index is 0.0169. The van der Waals surface area contributed by atoms with E-state index < -0.39 is 6.61 Å². The third-order valence-electron chi connectivity index (χ3n) is 4.74. The number of benzene rings is 2. The SMILES string of the molecule is FC(F)Oc1ccccc1-c1noc(CN2CCN(c3ccccc3Cl)CC2)n1. The normalized spacial score (nSPS) is 15.1. The topological polar surface area (TPSA) is 54.6 Å². The van der Waals surface area contributed by atoms with Gasteiger partial charge in [-0.25, -0.2) is 0 Å². The summed E-state index contributed by atoms with van der Waals surface area (Å²) in [6.45, 7) is 0.853. The zero-order chi connectivity index (χ0) is 20.2. The number of para-hydroxylation sites is 2. The summed E-state index contributed by atoms with van der Waals surface area (Å²) in [6.07, 6.45) is 0. The molecule has 0 saturated carbocycles. The number of halogens is 3. The lowest BCUT2D eigenvalue weighted by atomic mass is 10.2. The van der Waals surface area contributed by atoms with Crippen molar-refractivity contribution in [3.63, 3.8) is 0 Å². The van der Waals surface area contributed by atoms with Crippen LogP contribution in [0.25, 0.3) is 11.4 Å². The zero-order valence-corrected chi connectivity index (χ0v) is 16.2. The molecule has 0 atom stereocenters. The van der Waals surface area contributed by atoms with E-state index in [1.54, 1.807) is 18.2 Å². The Morgan fingerprint density at radius 3 is 2.52 bits per heavy atom. The third-order valence-corrected chi connectivity index (χ3v) is 5.06. The minimum atomic E-state index is -2.92. The van der Waals surface area contributed by atoms with Gasteiger partial charge in [-0.15, -0.1) is 0 Å². The van der Waals surface area contributed by atoms with Crippen molar-refractivity contribution in [3.8, 4) is 17.1 Å². The molecule has 1 saturated heterocycles. The van der Waals surface area contributed by atoms with E-state index in [1.807, 2.05) is 24.3 Å². The van der Waals surface area contributed by atoms with Crippen LogP contribution in [0.3, 0.4) is 0 Å². The van der Waals surface area contributed by atoms with Gasteiger partial charge < -0.3 is 14.2 Å². The molecular formula is C20H19ClF2N4O2. The van der Waals surface area contributed by atoms with Crippen LogP contribution in [-0.4, -0.2) is 47.8 Å². The molecule has 0 spiro atoms. The summed E-state index contributed by atoms with van der Waals surface area (Å²) in [4.78, 5) is 8.80. The predicted molar refractivity (Wildman–Crippen MR) is 105 cm³/mol. The number of ether oxygens (including phenoxy) is 1. The molecule has 1 fully saturated rings. The third kappa shape index (κ3) is 4.65. The Bertz CT molecular complexity index is 961. The summed E-state index contributed by atoms with van der Waals surface area (Å²) in [5.74, 6) is 0.673. The molecule has 4 rings (SSSR count). The quantitative estimate of drug-likeness (QED) is 0.592. The van der Waals surface area contributed by atoms with Crippen molar-refractivity contribution in [1.82, 2.24) is 15.0 Å². The Hall–Kier alpha value is -2.71. The van der Waals surface area contributed by atoms with Gasteiger partial charge in [0.2, 0.25) is 11.7 Å². The molecule has 1 aliphatic rings. The van der Waals surface area contributed by atoms with Crippen molar-refractivity contribution < 1.29 is 18.0 Å². The van der Waals surface area contributed by atoms with Gasteiger partial charge in [0, 0.05) is 26.2 Å². The highest BCUT2D eigenvalue weighted by molar-refractivity contribution is 6.33. The molecule has 3 aromatic rings. The molecule has 0 bridgehead atoms. The van der Waals surface area contributed by atoms with Crippen molar-refractivity contribution in [2.75, 3.05) is 31.1 Å². The number of nitrogens with zero attached hydrogens (tertiary/aromatic N) is 4. The molecule has 9 heteroatoms. The number of hydrogen-bond donors (Lipinski definition) is 0. The maximum absolute atomic E-state index is 12.6. The van der Waals surface area contributed by atoms with Crippen LogP contribution in [0, 0.1) is 0 Å². The summed E-state index contributed by atoms with van der Waals surface area (Å²) in [5, 5.41) is 4.67. The fourth-order valence-corrected chi connectivity index (χ4v) is 3.58. The van der Waals surface area contributed by atoms with Crippen LogP contribution in [0.4, 0.5) is 14.5 Å². The molecule has 2 heterocycles. The van der Waals surface area contributed by atoms with E-state index in [1.165, 1.54) is 6.07 Å². The summed E-state index contributed by atoms with van der Waals surface area (Å²) >= 11 is 6.28. The smallest absolute Gasteiger partial charge is 0.387 e. The number of alkyl halides is 2. The molecule has 1 aliphatic heterocycles. The van der Waals surface area contributed by atoms with Gasteiger partial charge in [-0.05, 0) is 24.3 Å². The van der Waals surface area contributed by atoms with Gasteiger partial charge in [0.25, 0.3) is 0 Å². The van der Waals surface area contributed by atoms with Crippen molar-refractivity contribution >= 4 is 17.3 Å². The molecule has 6 nitrogen and oxygen atoms in total. The fourth-order valence-electron chi connectivity index (χ4n) is 3.32. The van der Waals surface area contributed by atoms with Crippen LogP contribution in [0.15, 0.2) is 53.1 Å². The minimum Gasteiger partial charge on any atom is -0.434 e. The number of piperazine rings is 1. The maximum Gasteiger partial charge on any atom is 0.387 e. The van der Waals surface area contributed by atoms with Crippen LogP contribution in [0.2, 0.25) is 5.02 Å². The van der Waals surface area contributed by atoms with Crippen LogP contribution < -0.4 is 9.64 Å². The van der Waals surface area contributed by atoms with Crippen LogP contribution in [0.1, 0.15) is 5.89 Å². The first-order chi connectivity index (χ1) is 14.1. The summed E-state index contributed by atoms with van der Waals surface area (Å²) in [7, 11) is 0. The highest BCUT2D eigenvalue weighted by Crippen LogP contribution is 2.29. The predicted octanol–water partition coefficient (Wildman–Crippen LogP) is 4.31. The first-order valence-electron chi connectivity index (χ1n) is 9.19. The number of hydrogen-bond acceptors (Lipinski definition) is 6. The largest absolute Gasteiger partial charge is 0.434 e. The number of aromatic nitrogens is 2. The summed E-state index contributed by atoms with van der Waals surface area (Å²) in [6, 6.07) is 14.2. The molecule has 152 valence electrons. The Morgan fingerprint density at radius 1 is 1.03 bits per heavy atom. The monoisotopic (exact) mass is 420 g/mol. The first-order valence-corrected chi connectivity index (χ1v) is 9.56. The summed E-state index contributed by atoms with van der Waals surface area (Å²) in [5.41, 5.74) is 1.40. The van der Waals surface area contributed by atoms with Gasteiger partial charge in [-0.2, -0.15) is 13.8 Å². The van der Waals surface area contributed by atoms with E-state index in [-0.39, 0.29) is 11.6 Å². The van der Waals surface area contributed by atoms with E-state index in [0.29, 0.717) is 18.0 Å². The average molecular weight is 421 g/mol. The molecule has 0 amide bonds. The average Bonchev–Trinajstić information content (AvgIpc) is 3.17. The van der Waals surface area contributed by atoms with E-state index in [2.05, 4.69) is 24.7 Å². The van der Waals surface area contributed by atoms with Crippen LogP contribution in [-0.2, 0) is 6.54 Å². The van der Waals surface area contributed by atoms with Crippen molar-refractivity contribution in [2.24, 2.45) is 0 Å². The molecule has 1 aromatic heterocycles. The highest BCUT2D eigenvalue weighted by Gasteiger charge is 2.22. The Balaban J connectivity index is 1.39. The lowest BCUT2D eigenvalue weighted by Gasteiger charge is -2.35. The van der Waals surface area contributed by atoms with Gasteiger partial charge in [0.15, 0.2) is 0 Å². The van der Waals surface area contributed by atoms with Crippen molar-refractivity contribution in [1.29, 1.82) is 0 Å². The molecule has 29 heavy (non-hydrogen) atoms. The molecule has 0 N–H and O–H groups in total. The number of anilines is 1. The second kappa shape index (κ2) is 8.75. The van der Waals surface area contributed by atoms with Gasteiger partial charge in [0.1, 0.15) is 5.75 Å². The van der Waals surface area contributed by atoms with Crippen molar-refractivity contribution in [2.45, 2.75) is 13.2 Å². The van der Waals surface area contributed by atoms with E-state index in [4.69, 9.17) is 16.1 Å². The second-order valence-corrected chi connectivity index (χ2v) is 7.01. The van der Waals surface area contributed by atoms with Gasteiger partial charge in [-0.3, -0.25) is 4.90 Å². The molecule has 2 aromatic carbocycles. The highest BCUT2D eigenvalue weighted by atomic mass is 35.5. The Morgan fingerprint density at radius 2 is 1.76 bits per heavy atom. The zero-order valence-electron chi connectivity index (χ0n) is 15.5. The van der Waals surface area contributed by atoms with E-state index in [9.17, 15) is 8.78 Å². The van der Waals surface area contributed by atoms with Crippen molar-refractivity contribution in [3.05, 3.63) is 59.4 Å². The Kier molecular flexibility index (Phi) is 5.92. The van der Waals surface area contributed by atoms with E-state index in [0.717, 1.165) is 36.9 Å². The van der Waals surface area contributed by atoms with Gasteiger partial charge >= 0.3 is 6.61 Å². The summed E-state index contributed by atoms with van der Waals surface area (Å²) < 4.78 is 35.1. The molecule has 0 radical (unpaired) electrons. The molecule has 0 unspecified atom stereocenters. The van der Waals surface area contributed by atoms with E-state index >= 15 is 0 Å². The second-order valence-electron chi connectivity index (χ2n) is 6.60. The first kappa shape index (κ1) is 19.6. The Labute approximate surface area is 171 Å². The molecule has 0 aliphatic carbocycles. The van der Waals surface area contributed by atoms with Crippen LogP contribution >= 0.6 is 11.6 Å². The van der Waals surface area contributed by atoms with Crippen LogP contribution in [0.5, 0.6) is 5.75 Å². The lowest BCUT2D eigenvalue weighted by molar-refractivity contribution is -0.0494.